The summed E-state index contributed by atoms with van der Waals surface area (Å²) in [6, 6.07) is 27.9. The Balaban J connectivity index is 1.70. The van der Waals surface area contributed by atoms with E-state index in [1.165, 1.54) is 33.2 Å². The van der Waals surface area contributed by atoms with Crippen molar-refractivity contribution in [3.8, 4) is 22.3 Å². The van der Waals surface area contributed by atoms with E-state index in [-0.39, 0.29) is 0 Å². The molecule has 1 aromatic heterocycles. The molecule has 1 nitrogen and oxygen atoms in total. The van der Waals surface area contributed by atoms with Crippen molar-refractivity contribution in [2.24, 2.45) is 0 Å². The number of rotatable bonds is 2. The lowest BCUT2D eigenvalue weighted by molar-refractivity contribution is 1.41. The largest absolute Gasteiger partial charge is 0.256 e. The van der Waals surface area contributed by atoms with Crippen LogP contribution in [0.25, 0.3) is 33.2 Å². The van der Waals surface area contributed by atoms with Crippen LogP contribution >= 0.6 is 0 Å². The summed E-state index contributed by atoms with van der Waals surface area (Å²) in [5.74, 6) is 0. The lowest BCUT2D eigenvalue weighted by Crippen LogP contribution is -1.83. The van der Waals surface area contributed by atoms with E-state index < -0.39 is 0 Å². The number of fused-ring (bicyclic) bond motifs is 1. The van der Waals surface area contributed by atoms with Gasteiger partial charge in [-0.15, -0.1) is 0 Å². The number of hydrogen-bond donors (Lipinski definition) is 0. The molecule has 0 N–H and O–H groups in total. The molecular formula is C22H17N. The molecule has 0 fully saturated rings. The molecule has 0 aliphatic heterocycles. The zero-order valence-electron chi connectivity index (χ0n) is 13.0. The highest BCUT2D eigenvalue weighted by Crippen LogP contribution is 2.27. The van der Waals surface area contributed by atoms with Crippen molar-refractivity contribution in [3.63, 3.8) is 0 Å². The van der Waals surface area contributed by atoms with Crippen LogP contribution in [0, 0.1) is 6.92 Å². The van der Waals surface area contributed by atoms with E-state index in [9.17, 15) is 0 Å². The number of nitrogens with zero attached hydrogens (tertiary/aromatic N) is 1. The second-order valence-electron chi connectivity index (χ2n) is 5.85. The topological polar surface area (TPSA) is 12.9 Å². The van der Waals surface area contributed by atoms with E-state index in [0.29, 0.717) is 0 Å². The first-order chi connectivity index (χ1) is 11.3. The van der Waals surface area contributed by atoms with Gasteiger partial charge in [0.25, 0.3) is 0 Å². The Labute approximate surface area is 136 Å². The highest BCUT2D eigenvalue weighted by atomic mass is 14.6. The van der Waals surface area contributed by atoms with Crippen LogP contribution in [0.4, 0.5) is 0 Å². The van der Waals surface area contributed by atoms with Crippen LogP contribution in [0.2, 0.25) is 0 Å². The quantitative estimate of drug-likeness (QED) is 0.450. The summed E-state index contributed by atoms with van der Waals surface area (Å²) < 4.78 is 0. The predicted octanol–water partition coefficient (Wildman–Crippen LogP) is 5.88. The van der Waals surface area contributed by atoms with Crippen molar-refractivity contribution in [2.45, 2.75) is 6.92 Å². The molecule has 0 unspecified atom stereocenters. The second kappa shape index (κ2) is 5.69. The molecule has 0 aliphatic rings. The highest BCUT2D eigenvalue weighted by Gasteiger charge is 2.02. The predicted molar refractivity (Wildman–Crippen MR) is 97.4 cm³/mol. The number of aryl methyl sites for hydroxylation is 1. The molecule has 4 rings (SSSR count). The van der Waals surface area contributed by atoms with Gasteiger partial charge in [0, 0.05) is 11.6 Å². The zero-order chi connectivity index (χ0) is 15.6. The molecule has 0 aliphatic carbocycles. The average molecular weight is 295 g/mol. The molecule has 0 saturated heterocycles. The zero-order valence-corrected chi connectivity index (χ0v) is 13.0. The van der Waals surface area contributed by atoms with Crippen LogP contribution in [0.1, 0.15) is 5.56 Å². The standard InChI is InChI=1S/C22H17N/c1-16-4-6-17(7-5-16)18-8-10-19(11-9-18)20-12-13-22-21(15-20)3-2-14-23-22/h2-15H,1H3. The summed E-state index contributed by atoms with van der Waals surface area (Å²) in [7, 11) is 0. The van der Waals surface area contributed by atoms with Crippen LogP contribution in [0.5, 0.6) is 0 Å². The summed E-state index contributed by atoms with van der Waals surface area (Å²) in [4.78, 5) is 4.38. The molecule has 3 aromatic carbocycles. The maximum absolute atomic E-state index is 4.38. The Morgan fingerprint density at radius 1 is 0.609 bits per heavy atom. The second-order valence-corrected chi connectivity index (χ2v) is 5.85. The van der Waals surface area contributed by atoms with Crippen molar-refractivity contribution in [2.75, 3.05) is 0 Å². The molecule has 23 heavy (non-hydrogen) atoms. The first-order valence-corrected chi connectivity index (χ1v) is 7.82. The number of aromatic nitrogens is 1. The molecule has 110 valence electrons. The number of benzene rings is 3. The van der Waals surface area contributed by atoms with E-state index in [2.05, 4.69) is 84.7 Å². The molecule has 0 amide bonds. The van der Waals surface area contributed by atoms with Crippen molar-refractivity contribution < 1.29 is 0 Å². The van der Waals surface area contributed by atoms with Gasteiger partial charge in [-0.1, -0.05) is 66.2 Å². The van der Waals surface area contributed by atoms with Crippen molar-refractivity contribution >= 4 is 10.9 Å². The Kier molecular flexibility index (Phi) is 3.39. The van der Waals surface area contributed by atoms with Gasteiger partial charge in [-0.2, -0.15) is 0 Å². The van der Waals surface area contributed by atoms with Gasteiger partial charge in [-0.3, -0.25) is 4.98 Å². The fraction of sp³-hybridized carbons (Fsp3) is 0.0455. The first-order valence-electron chi connectivity index (χ1n) is 7.82. The fourth-order valence-corrected chi connectivity index (χ4v) is 2.86. The van der Waals surface area contributed by atoms with Gasteiger partial charge in [0.2, 0.25) is 0 Å². The van der Waals surface area contributed by atoms with E-state index in [0.717, 1.165) is 5.52 Å². The third-order valence-corrected chi connectivity index (χ3v) is 4.21. The van der Waals surface area contributed by atoms with Gasteiger partial charge in [0.05, 0.1) is 5.52 Å². The van der Waals surface area contributed by atoms with E-state index in [1.54, 1.807) is 0 Å². The van der Waals surface area contributed by atoms with Gasteiger partial charge in [0.1, 0.15) is 0 Å². The molecule has 1 heteroatoms. The summed E-state index contributed by atoms with van der Waals surface area (Å²) >= 11 is 0. The molecule has 4 aromatic rings. The van der Waals surface area contributed by atoms with Crippen molar-refractivity contribution in [1.82, 2.24) is 4.98 Å². The lowest BCUT2D eigenvalue weighted by atomic mass is 9.99. The minimum absolute atomic E-state index is 1.03. The molecule has 0 radical (unpaired) electrons. The summed E-state index contributed by atoms with van der Waals surface area (Å²) in [5, 5.41) is 1.17. The normalized spacial score (nSPS) is 10.8. The lowest BCUT2D eigenvalue weighted by Gasteiger charge is -2.06. The van der Waals surface area contributed by atoms with Gasteiger partial charge in [-0.05, 0) is 47.4 Å². The van der Waals surface area contributed by atoms with Crippen LogP contribution in [-0.2, 0) is 0 Å². The van der Waals surface area contributed by atoms with Gasteiger partial charge < -0.3 is 0 Å². The van der Waals surface area contributed by atoms with Crippen LogP contribution < -0.4 is 0 Å². The van der Waals surface area contributed by atoms with Gasteiger partial charge in [-0.25, -0.2) is 0 Å². The van der Waals surface area contributed by atoms with Gasteiger partial charge in [0.15, 0.2) is 0 Å². The highest BCUT2D eigenvalue weighted by molar-refractivity contribution is 5.84. The molecule has 1 heterocycles. The summed E-state index contributed by atoms with van der Waals surface area (Å²) in [5.41, 5.74) is 7.27. The third-order valence-electron chi connectivity index (χ3n) is 4.21. The minimum Gasteiger partial charge on any atom is -0.256 e. The van der Waals surface area contributed by atoms with Gasteiger partial charge >= 0.3 is 0 Å². The Hall–Kier alpha value is -2.93. The van der Waals surface area contributed by atoms with Crippen LogP contribution in [-0.4, -0.2) is 4.98 Å². The number of hydrogen-bond acceptors (Lipinski definition) is 1. The Morgan fingerprint density at radius 3 is 1.87 bits per heavy atom. The third kappa shape index (κ3) is 2.74. The minimum atomic E-state index is 1.03. The molecular weight excluding hydrogens is 278 g/mol. The summed E-state index contributed by atoms with van der Waals surface area (Å²) in [6.45, 7) is 2.11. The van der Waals surface area contributed by atoms with Crippen LogP contribution in [0.3, 0.4) is 0 Å². The van der Waals surface area contributed by atoms with E-state index in [4.69, 9.17) is 0 Å². The molecule has 0 bridgehead atoms. The maximum atomic E-state index is 4.38. The number of pyridine rings is 1. The first kappa shape index (κ1) is 13.7. The monoisotopic (exact) mass is 295 g/mol. The molecule has 0 saturated carbocycles. The molecule has 0 atom stereocenters. The van der Waals surface area contributed by atoms with Crippen molar-refractivity contribution in [3.05, 3.63) is 90.6 Å². The Bertz CT molecular complexity index is 951. The average Bonchev–Trinajstić information content (AvgIpc) is 2.62. The SMILES string of the molecule is Cc1ccc(-c2ccc(-c3ccc4ncccc4c3)cc2)cc1. The Morgan fingerprint density at radius 2 is 1.17 bits per heavy atom. The molecule has 0 spiro atoms. The van der Waals surface area contributed by atoms with Crippen molar-refractivity contribution in [1.29, 1.82) is 0 Å². The van der Waals surface area contributed by atoms with E-state index >= 15 is 0 Å². The fourth-order valence-electron chi connectivity index (χ4n) is 2.86. The van der Waals surface area contributed by atoms with Crippen LogP contribution in [0.15, 0.2) is 85.1 Å². The smallest absolute Gasteiger partial charge is 0.0702 e. The maximum Gasteiger partial charge on any atom is 0.0702 e. The van der Waals surface area contributed by atoms with E-state index in [1.807, 2.05) is 12.3 Å². The summed E-state index contributed by atoms with van der Waals surface area (Å²) in [6.07, 6.45) is 1.83.